The largest absolute Gasteiger partial charge is 0.458 e. The van der Waals surface area contributed by atoms with E-state index in [1.807, 2.05) is 0 Å². The van der Waals surface area contributed by atoms with Crippen molar-refractivity contribution in [3.8, 4) is 0 Å². The van der Waals surface area contributed by atoms with E-state index in [1.54, 1.807) is 0 Å². The highest BCUT2D eigenvalue weighted by atomic mass is 79.9. The maximum atomic E-state index is 17.1. The van der Waals surface area contributed by atoms with E-state index < -0.39 is 82.9 Å². The van der Waals surface area contributed by atoms with Crippen LogP contribution in [0.5, 0.6) is 0 Å². The van der Waals surface area contributed by atoms with Crippen molar-refractivity contribution < 1.29 is 43.2 Å². The first-order valence-corrected chi connectivity index (χ1v) is 11.7. The molecule has 4 aliphatic rings. The fraction of sp³-hybridized carbons (Fsp3) is 0.696. The number of aliphatic hydroxyl groups excluding tert-OH is 2. The molecule has 182 valence electrons. The van der Waals surface area contributed by atoms with Crippen molar-refractivity contribution >= 4 is 33.5 Å². The van der Waals surface area contributed by atoms with Gasteiger partial charge in [-0.2, -0.15) is 0 Å². The Labute approximate surface area is 198 Å². The molecular weight excluding hydrogens is 506 g/mol. The van der Waals surface area contributed by atoms with Crippen molar-refractivity contribution in [3.05, 3.63) is 22.2 Å². The maximum absolute atomic E-state index is 17.1. The molecule has 0 amide bonds. The summed E-state index contributed by atoms with van der Waals surface area (Å²) < 4.78 is 37.3. The van der Waals surface area contributed by atoms with Gasteiger partial charge in [-0.3, -0.25) is 14.4 Å². The number of carbonyl (C=O) groups excluding carboxylic acids is 3. The first-order valence-electron chi connectivity index (χ1n) is 10.9. The number of rotatable bonds is 3. The van der Waals surface area contributed by atoms with Crippen LogP contribution >= 0.6 is 15.9 Å². The zero-order valence-electron chi connectivity index (χ0n) is 18.5. The van der Waals surface area contributed by atoms with Gasteiger partial charge in [0.05, 0.1) is 16.7 Å². The molecule has 10 heteroatoms. The third-order valence-electron chi connectivity index (χ3n) is 8.74. The van der Waals surface area contributed by atoms with Crippen molar-refractivity contribution in [2.75, 3.05) is 6.61 Å². The molecule has 3 saturated carbocycles. The zero-order chi connectivity index (χ0) is 24.7. The summed E-state index contributed by atoms with van der Waals surface area (Å²) in [6.07, 6.45) is -3.68. The Morgan fingerprint density at radius 2 is 1.85 bits per heavy atom. The zero-order valence-corrected chi connectivity index (χ0v) is 20.1. The van der Waals surface area contributed by atoms with Crippen LogP contribution in [0.25, 0.3) is 0 Å². The molecule has 3 N–H and O–H groups in total. The average Bonchev–Trinajstić information content (AvgIpc) is 2.92. The number of alkyl halides is 2. The third kappa shape index (κ3) is 2.96. The van der Waals surface area contributed by atoms with Crippen molar-refractivity contribution in [1.29, 1.82) is 0 Å². The number of hydrogen-bond acceptors (Lipinski definition) is 7. The second-order valence-electron chi connectivity index (χ2n) is 10.2. The van der Waals surface area contributed by atoms with Crippen LogP contribution in [-0.4, -0.2) is 69.1 Å². The van der Waals surface area contributed by atoms with Gasteiger partial charge in [0.15, 0.2) is 23.7 Å². The van der Waals surface area contributed by atoms with Crippen LogP contribution in [0.15, 0.2) is 22.2 Å². The Kier molecular flexibility index (Phi) is 5.60. The third-order valence-corrected chi connectivity index (χ3v) is 9.36. The Balaban J connectivity index is 1.81. The first kappa shape index (κ1) is 24.6. The lowest BCUT2D eigenvalue weighted by Gasteiger charge is -2.62. The molecule has 4 aliphatic carbocycles. The second kappa shape index (κ2) is 7.50. The summed E-state index contributed by atoms with van der Waals surface area (Å²) in [5.74, 6) is -4.24. The van der Waals surface area contributed by atoms with E-state index in [0.717, 1.165) is 13.0 Å². The standard InChI is InChI=1S/C23H27BrF2O7/c1-10(27)33-9-19(31)23(32)17(29)6-11-12-4-15(25)13-5-16(28)14(24)7-20(13,2)22(12,26)18(30)8-21(11,23)3/h5,7,11-12,15,17-18,29-30,32H,4,6,8-9H2,1-3H3/t11-,12-,15+,17+,18-,20-,21-,22-,23-/m0/s1. The molecule has 0 saturated heterocycles. The van der Waals surface area contributed by atoms with Crippen LogP contribution in [0.1, 0.15) is 40.0 Å². The fourth-order valence-electron chi connectivity index (χ4n) is 7.05. The van der Waals surface area contributed by atoms with Gasteiger partial charge < -0.3 is 20.1 Å². The van der Waals surface area contributed by atoms with Gasteiger partial charge >= 0.3 is 5.97 Å². The lowest BCUT2D eigenvalue weighted by molar-refractivity contribution is -0.226. The van der Waals surface area contributed by atoms with Gasteiger partial charge in [-0.25, -0.2) is 8.78 Å². The normalized spacial score (nSPS) is 48.8. The van der Waals surface area contributed by atoms with Crippen molar-refractivity contribution in [2.45, 2.75) is 69.7 Å². The molecule has 3 fully saturated rings. The van der Waals surface area contributed by atoms with E-state index in [4.69, 9.17) is 4.74 Å². The van der Waals surface area contributed by atoms with Crippen LogP contribution < -0.4 is 0 Å². The maximum Gasteiger partial charge on any atom is 0.303 e. The molecule has 33 heavy (non-hydrogen) atoms. The van der Waals surface area contributed by atoms with Gasteiger partial charge in [0.2, 0.25) is 5.78 Å². The van der Waals surface area contributed by atoms with E-state index >= 15 is 8.78 Å². The highest BCUT2D eigenvalue weighted by molar-refractivity contribution is 9.12. The topological polar surface area (TPSA) is 121 Å². The minimum Gasteiger partial charge on any atom is -0.458 e. The first-order chi connectivity index (χ1) is 15.1. The number of ether oxygens (including phenoxy) is 1. The summed E-state index contributed by atoms with van der Waals surface area (Å²) >= 11 is 3.10. The molecule has 0 aliphatic heterocycles. The molecule has 0 aromatic carbocycles. The number of allylic oxidation sites excluding steroid dienone is 4. The molecule has 0 spiro atoms. The molecule has 0 radical (unpaired) electrons. The average molecular weight is 533 g/mol. The van der Waals surface area contributed by atoms with E-state index in [0.29, 0.717) is 0 Å². The minimum atomic E-state index is -2.42. The molecule has 0 bridgehead atoms. The predicted molar refractivity (Wildman–Crippen MR) is 114 cm³/mol. The quantitative estimate of drug-likeness (QED) is 0.474. The fourth-order valence-corrected chi connectivity index (χ4v) is 7.63. The summed E-state index contributed by atoms with van der Waals surface area (Å²) in [5.41, 5.74) is -8.06. The van der Waals surface area contributed by atoms with Gasteiger partial charge in [0.1, 0.15) is 6.17 Å². The van der Waals surface area contributed by atoms with Gasteiger partial charge in [0, 0.05) is 23.7 Å². The van der Waals surface area contributed by atoms with Gasteiger partial charge in [0.25, 0.3) is 0 Å². The Morgan fingerprint density at radius 1 is 1.21 bits per heavy atom. The monoisotopic (exact) mass is 532 g/mol. The predicted octanol–water partition coefficient (Wildman–Crippen LogP) is 1.86. The van der Waals surface area contributed by atoms with Crippen LogP contribution in [0.2, 0.25) is 0 Å². The lowest BCUT2D eigenvalue weighted by Crippen LogP contribution is -2.71. The van der Waals surface area contributed by atoms with Gasteiger partial charge in [-0.1, -0.05) is 13.0 Å². The SMILES string of the molecule is CC(=O)OCC(=O)[C@@]1(O)[C@H](O)C[C@H]2[C@@H]3C[C@@H](F)C4=CC(=O)C(Br)=C[C@]4(C)[C@@]3(F)[C@@H](O)C[C@@]21C. The van der Waals surface area contributed by atoms with Crippen LogP contribution in [-0.2, 0) is 19.1 Å². The van der Waals surface area contributed by atoms with Crippen LogP contribution in [0, 0.1) is 22.7 Å². The smallest absolute Gasteiger partial charge is 0.303 e. The Morgan fingerprint density at radius 3 is 2.45 bits per heavy atom. The molecule has 4 rings (SSSR count). The molecule has 0 aromatic heterocycles. The number of fused-ring (bicyclic) bond motifs is 5. The van der Waals surface area contributed by atoms with Crippen molar-refractivity contribution in [2.24, 2.45) is 22.7 Å². The Bertz CT molecular complexity index is 997. The summed E-state index contributed by atoms with van der Waals surface area (Å²) in [4.78, 5) is 36.2. The van der Waals surface area contributed by atoms with E-state index in [9.17, 15) is 29.7 Å². The molecule has 7 nitrogen and oxygen atoms in total. The molecule has 9 atom stereocenters. The molecule has 0 unspecified atom stereocenters. The number of halogens is 3. The van der Waals surface area contributed by atoms with Gasteiger partial charge in [-0.15, -0.1) is 0 Å². The van der Waals surface area contributed by atoms with E-state index in [1.165, 1.54) is 19.9 Å². The summed E-state index contributed by atoms with van der Waals surface area (Å²) in [6.45, 7) is 3.20. The minimum absolute atomic E-state index is 0.0543. The summed E-state index contributed by atoms with van der Waals surface area (Å²) in [7, 11) is 0. The van der Waals surface area contributed by atoms with Crippen molar-refractivity contribution in [1.82, 2.24) is 0 Å². The van der Waals surface area contributed by atoms with E-state index in [2.05, 4.69) is 15.9 Å². The molecular formula is C23H27BrF2O7. The van der Waals surface area contributed by atoms with Gasteiger partial charge in [-0.05, 0) is 59.7 Å². The highest BCUT2D eigenvalue weighted by Gasteiger charge is 2.77. The number of ketones is 2. The number of Topliss-reactive ketones (excluding diaryl/α,β-unsaturated/α-hetero) is 1. The Hall–Kier alpha value is -1.49. The second-order valence-corrected chi connectivity index (χ2v) is 11.1. The van der Waals surface area contributed by atoms with E-state index in [-0.39, 0.29) is 22.9 Å². The molecule has 0 aromatic rings. The van der Waals surface area contributed by atoms with Crippen molar-refractivity contribution in [3.63, 3.8) is 0 Å². The lowest BCUT2D eigenvalue weighted by atomic mass is 9.44. The number of carbonyl (C=O) groups is 3. The molecule has 0 heterocycles. The van der Waals surface area contributed by atoms with Crippen LogP contribution in [0.3, 0.4) is 0 Å². The highest BCUT2D eigenvalue weighted by Crippen LogP contribution is 2.70. The number of esters is 1. The number of aliphatic hydroxyl groups is 3. The number of hydrogen-bond donors (Lipinski definition) is 3. The summed E-state index contributed by atoms with van der Waals surface area (Å²) in [5, 5.41) is 33.4. The van der Waals surface area contributed by atoms with Crippen LogP contribution in [0.4, 0.5) is 8.78 Å². The summed E-state index contributed by atoms with van der Waals surface area (Å²) in [6, 6.07) is 0.